The average molecular weight is 504 g/mol. The van der Waals surface area contributed by atoms with Gasteiger partial charge in [0.1, 0.15) is 0 Å². The van der Waals surface area contributed by atoms with Crippen LogP contribution in [0.15, 0.2) is 51.8 Å². The van der Waals surface area contributed by atoms with Gasteiger partial charge in [-0.05, 0) is 44.2 Å². The molecule has 0 amide bonds. The zero-order valence-corrected chi connectivity index (χ0v) is 23.3. The maximum absolute atomic E-state index is 12.0. The molecule has 0 bridgehead atoms. The van der Waals surface area contributed by atoms with E-state index in [-0.39, 0.29) is 11.7 Å². The number of carbonyl (C=O) groups excluding carboxylic acids is 2. The van der Waals surface area contributed by atoms with Crippen LogP contribution in [-0.2, 0) is 9.59 Å². The standard InChI is InChI=1S/C14H14N2O.C12H15N3O.2C2H6/c1-9-6-13-10(14(17)7-9)8-15-11-4-2-3-5-12(11)16-13;1-6-10-7(2)14-15-12(10)13-8-4-3-5-9(16)11(6)8;2*1-2/h2-5,8-9,16H,6-7H2,1H3;6H,3-5H2,1-2H3,(H2,13,14,15);2*1-2H3. The number of carbonyl (C=O) groups is 2. The number of aliphatic imine (C=N–C) groups is 1. The second-order valence-corrected chi connectivity index (χ2v) is 9.36. The summed E-state index contributed by atoms with van der Waals surface area (Å²) in [5, 5.41) is 13.9. The summed E-state index contributed by atoms with van der Waals surface area (Å²) in [5.41, 5.74) is 7.90. The SMILES string of the molecule is CC.CC.CC1CC(=O)C2=C(C1)Nc1ccccc1N=C2.Cc1[nH]nc2c1C(C)C1=C(CCCC1=O)N2. The van der Waals surface area contributed by atoms with Crippen molar-refractivity contribution in [2.24, 2.45) is 10.9 Å². The minimum Gasteiger partial charge on any atom is -0.356 e. The number of Topliss-reactive ketones (excluding diaryl/α,β-unsaturated/α-hetero) is 2. The Morgan fingerprint density at radius 1 is 0.892 bits per heavy atom. The number of aromatic nitrogens is 2. The number of aromatic amines is 1. The van der Waals surface area contributed by atoms with Crippen LogP contribution in [0, 0.1) is 12.8 Å². The fourth-order valence-corrected chi connectivity index (χ4v) is 5.23. The minimum atomic E-state index is 0.179. The number of nitrogens with one attached hydrogen (secondary N) is 3. The molecule has 2 aromatic rings. The van der Waals surface area contributed by atoms with Gasteiger partial charge in [-0.1, -0.05) is 53.7 Å². The van der Waals surface area contributed by atoms with E-state index < -0.39 is 0 Å². The Morgan fingerprint density at radius 2 is 1.62 bits per heavy atom. The molecule has 2 aliphatic carbocycles. The number of benzene rings is 1. The number of hydrogen-bond donors (Lipinski definition) is 3. The molecule has 3 heterocycles. The van der Waals surface area contributed by atoms with E-state index in [1.807, 2.05) is 58.9 Å². The molecule has 0 saturated carbocycles. The van der Waals surface area contributed by atoms with Crippen LogP contribution in [0.25, 0.3) is 0 Å². The van der Waals surface area contributed by atoms with E-state index in [0.717, 1.165) is 70.3 Å². The lowest BCUT2D eigenvalue weighted by atomic mass is 9.81. The normalized spacial score (nSPS) is 21.1. The predicted molar refractivity (Wildman–Crippen MR) is 153 cm³/mol. The fourth-order valence-electron chi connectivity index (χ4n) is 5.23. The molecule has 4 aliphatic rings. The summed E-state index contributed by atoms with van der Waals surface area (Å²) in [4.78, 5) is 28.3. The maximum atomic E-state index is 12.0. The van der Waals surface area contributed by atoms with Crippen molar-refractivity contribution in [2.75, 3.05) is 10.6 Å². The van der Waals surface area contributed by atoms with Crippen molar-refractivity contribution in [1.82, 2.24) is 10.2 Å². The van der Waals surface area contributed by atoms with E-state index in [9.17, 15) is 9.59 Å². The second kappa shape index (κ2) is 12.7. The number of anilines is 2. The van der Waals surface area contributed by atoms with Gasteiger partial charge in [0, 0.05) is 53.2 Å². The van der Waals surface area contributed by atoms with E-state index >= 15 is 0 Å². The van der Waals surface area contributed by atoms with Crippen LogP contribution < -0.4 is 10.6 Å². The molecule has 6 rings (SSSR count). The number of fused-ring (bicyclic) bond motifs is 2. The first kappa shape index (κ1) is 28.1. The summed E-state index contributed by atoms with van der Waals surface area (Å²) in [5.74, 6) is 1.99. The lowest BCUT2D eigenvalue weighted by molar-refractivity contribution is -0.117. The van der Waals surface area contributed by atoms with Gasteiger partial charge in [-0.3, -0.25) is 19.7 Å². The third-order valence-corrected chi connectivity index (χ3v) is 6.82. The highest BCUT2D eigenvalue weighted by molar-refractivity contribution is 6.16. The molecule has 2 atom stereocenters. The molecule has 198 valence electrons. The zero-order chi connectivity index (χ0) is 27.1. The summed E-state index contributed by atoms with van der Waals surface area (Å²) < 4.78 is 0. The van der Waals surface area contributed by atoms with Crippen molar-refractivity contribution in [2.45, 2.75) is 86.5 Å². The molecular formula is C30H41N5O2. The van der Waals surface area contributed by atoms with E-state index in [2.05, 4.69) is 39.7 Å². The first-order chi connectivity index (χ1) is 17.9. The van der Waals surface area contributed by atoms with E-state index in [1.54, 1.807) is 6.21 Å². The van der Waals surface area contributed by atoms with Crippen molar-refractivity contribution in [1.29, 1.82) is 0 Å². The van der Waals surface area contributed by atoms with Crippen LogP contribution >= 0.6 is 0 Å². The highest BCUT2D eigenvalue weighted by Gasteiger charge is 2.33. The fraction of sp³-hybridized carbons (Fsp3) is 0.467. The molecule has 0 saturated heterocycles. The number of hydrogen-bond acceptors (Lipinski definition) is 6. The van der Waals surface area contributed by atoms with E-state index in [1.165, 1.54) is 0 Å². The van der Waals surface area contributed by atoms with Gasteiger partial charge in [0.2, 0.25) is 0 Å². The molecule has 0 fully saturated rings. The highest BCUT2D eigenvalue weighted by atomic mass is 16.1. The lowest BCUT2D eigenvalue weighted by Crippen LogP contribution is -2.24. The van der Waals surface area contributed by atoms with Crippen LogP contribution in [0.2, 0.25) is 0 Å². The highest BCUT2D eigenvalue weighted by Crippen LogP contribution is 2.41. The van der Waals surface area contributed by atoms with Crippen molar-refractivity contribution in [3.05, 3.63) is 58.1 Å². The Balaban J connectivity index is 0.000000182. The van der Waals surface area contributed by atoms with Gasteiger partial charge < -0.3 is 10.6 Å². The quantitative estimate of drug-likeness (QED) is 0.348. The van der Waals surface area contributed by atoms with Crippen LogP contribution in [0.3, 0.4) is 0 Å². The van der Waals surface area contributed by atoms with Crippen molar-refractivity contribution in [3.63, 3.8) is 0 Å². The van der Waals surface area contributed by atoms with E-state index in [0.29, 0.717) is 24.5 Å². The van der Waals surface area contributed by atoms with Gasteiger partial charge >= 0.3 is 0 Å². The Labute approximate surface area is 220 Å². The summed E-state index contributed by atoms with van der Waals surface area (Å²) in [7, 11) is 0. The average Bonchev–Trinajstić information content (AvgIpc) is 3.16. The predicted octanol–water partition coefficient (Wildman–Crippen LogP) is 7.37. The minimum absolute atomic E-state index is 0.179. The molecule has 7 nitrogen and oxygen atoms in total. The zero-order valence-electron chi connectivity index (χ0n) is 23.3. The molecular weight excluding hydrogens is 462 g/mol. The number of aryl methyl sites for hydroxylation is 1. The number of ketones is 2. The number of nitrogens with zero attached hydrogens (tertiary/aromatic N) is 2. The van der Waals surface area contributed by atoms with Gasteiger partial charge in [0.25, 0.3) is 0 Å². The molecule has 0 radical (unpaired) electrons. The van der Waals surface area contributed by atoms with Crippen molar-refractivity contribution in [3.8, 4) is 0 Å². The van der Waals surface area contributed by atoms with Crippen LogP contribution in [0.5, 0.6) is 0 Å². The van der Waals surface area contributed by atoms with Gasteiger partial charge in [-0.15, -0.1) is 0 Å². The molecule has 1 aromatic carbocycles. The van der Waals surface area contributed by atoms with E-state index in [4.69, 9.17) is 0 Å². The number of H-pyrrole nitrogens is 1. The molecule has 7 heteroatoms. The van der Waals surface area contributed by atoms with Gasteiger partial charge in [-0.25, -0.2) is 0 Å². The van der Waals surface area contributed by atoms with Gasteiger partial charge in [0.15, 0.2) is 17.4 Å². The molecule has 3 N–H and O–H groups in total. The smallest absolute Gasteiger partial charge is 0.166 e. The Kier molecular flexibility index (Phi) is 9.61. The first-order valence-corrected chi connectivity index (χ1v) is 13.7. The Morgan fingerprint density at radius 3 is 2.38 bits per heavy atom. The Bertz CT molecular complexity index is 1230. The van der Waals surface area contributed by atoms with Crippen LogP contribution in [0.4, 0.5) is 17.2 Å². The summed E-state index contributed by atoms with van der Waals surface area (Å²) in [6.45, 7) is 14.2. The summed E-state index contributed by atoms with van der Waals surface area (Å²) in [6, 6.07) is 7.87. The summed E-state index contributed by atoms with van der Waals surface area (Å²) in [6.07, 6.45) is 5.87. The molecule has 1 aromatic heterocycles. The second-order valence-electron chi connectivity index (χ2n) is 9.36. The maximum Gasteiger partial charge on any atom is 0.166 e. The first-order valence-electron chi connectivity index (χ1n) is 13.7. The monoisotopic (exact) mass is 503 g/mol. The molecule has 2 aliphatic heterocycles. The third kappa shape index (κ3) is 5.92. The van der Waals surface area contributed by atoms with Crippen LogP contribution in [0.1, 0.15) is 90.8 Å². The van der Waals surface area contributed by atoms with Crippen molar-refractivity contribution >= 4 is 35.0 Å². The lowest BCUT2D eigenvalue weighted by Gasteiger charge is -2.29. The third-order valence-electron chi connectivity index (χ3n) is 6.82. The molecule has 0 spiro atoms. The van der Waals surface area contributed by atoms with Gasteiger partial charge in [0.05, 0.1) is 16.9 Å². The van der Waals surface area contributed by atoms with Crippen molar-refractivity contribution < 1.29 is 9.59 Å². The number of allylic oxidation sites excluding steroid dienone is 4. The largest absolute Gasteiger partial charge is 0.356 e. The summed E-state index contributed by atoms with van der Waals surface area (Å²) >= 11 is 0. The van der Waals surface area contributed by atoms with Gasteiger partial charge in [-0.2, -0.15) is 5.10 Å². The topological polar surface area (TPSA) is 99.2 Å². The van der Waals surface area contributed by atoms with Crippen LogP contribution in [-0.4, -0.2) is 28.0 Å². The Hall–Kier alpha value is -3.48. The number of rotatable bonds is 0. The molecule has 37 heavy (non-hydrogen) atoms. The number of para-hydroxylation sites is 2. The molecule has 2 unspecified atom stereocenters.